The monoisotopic (exact) mass is 435 g/mol. The number of nitrogens with zero attached hydrogens (tertiary/aromatic N) is 4. The van der Waals surface area contributed by atoms with Crippen molar-refractivity contribution in [3.63, 3.8) is 0 Å². The first-order valence-corrected chi connectivity index (χ1v) is 9.96. The third-order valence-electron chi connectivity index (χ3n) is 5.13. The van der Waals surface area contributed by atoms with E-state index in [0.717, 1.165) is 4.90 Å². The maximum absolute atomic E-state index is 14.1. The van der Waals surface area contributed by atoms with Gasteiger partial charge in [-0.1, -0.05) is 11.6 Å². The molecule has 1 N–H and O–H groups in total. The number of amides is 2. The molecule has 1 aliphatic heterocycles. The fourth-order valence-electron chi connectivity index (χ4n) is 3.38. The number of pyridine rings is 1. The van der Waals surface area contributed by atoms with E-state index in [1.807, 2.05) is 0 Å². The number of carbonyl (C=O) groups is 2. The van der Waals surface area contributed by atoms with Crippen molar-refractivity contribution in [2.75, 3.05) is 18.1 Å². The summed E-state index contributed by atoms with van der Waals surface area (Å²) in [5, 5.41) is 2.96. The summed E-state index contributed by atoms with van der Waals surface area (Å²) in [5.74, 6) is -1.59. The highest BCUT2D eigenvalue weighted by Crippen LogP contribution is 2.34. The quantitative estimate of drug-likeness (QED) is 0.699. The Morgan fingerprint density at radius 3 is 2.50 bits per heavy atom. The molecule has 1 saturated heterocycles. The number of aromatic nitrogens is 3. The molecule has 0 aliphatic carbocycles. The Morgan fingerprint density at radius 1 is 1.27 bits per heavy atom. The van der Waals surface area contributed by atoms with Gasteiger partial charge in [-0.25, -0.2) is 14.4 Å². The van der Waals surface area contributed by atoms with Crippen LogP contribution in [-0.4, -0.2) is 51.7 Å². The molecule has 160 valence electrons. The van der Waals surface area contributed by atoms with Gasteiger partial charge in [0.05, 0.1) is 11.9 Å². The molecule has 0 bridgehead atoms. The smallest absolute Gasteiger partial charge is 0.278 e. The van der Waals surface area contributed by atoms with Gasteiger partial charge in [0, 0.05) is 42.9 Å². The van der Waals surface area contributed by atoms with Crippen LogP contribution in [0, 0.1) is 6.92 Å². The van der Waals surface area contributed by atoms with Gasteiger partial charge in [0.15, 0.2) is 5.54 Å². The number of alkyl halides is 2. The van der Waals surface area contributed by atoms with Crippen LogP contribution >= 0.6 is 11.6 Å². The molecule has 0 unspecified atom stereocenters. The lowest BCUT2D eigenvalue weighted by Gasteiger charge is -2.41. The largest absolute Gasteiger partial charge is 0.381 e. The van der Waals surface area contributed by atoms with Crippen LogP contribution in [-0.2, 0) is 19.9 Å². The predicted molar refractivity (Wildman–Crippen MR) is 109 cm³/mol. The second-order valence-corrected chi connectivity index (χ2v) is 7.57. The van der Waals surface area contributed by atoms with Crippen molar-refractivity contribution in [1.82, 2.24) is 20.3 Å². The molecule has 10 heteroatoms. The lowest BCUT2D eigenvalue weighted by Crippen LogP contribution is -2.60. The van der Waals surface area contributed by atoms with Gasteiger partial charge in [-0.3, -0.25) is 19.5 Å². The van der Waals surface area contributed by atoms with E-state index in [1.54, 1.807) is 19.1 Å². The van der Waals surface area contributed by atoms with Crippen molar-refractivity contribution in [1.29, 1.82) is 0 Å². The molecule has 0 spiro atoms. The number of carbonyl (C=O) groups excluding carboxylic acids is 2. The molecular formula is C20H23ClFN5O3. The third-order valence-corrected chi connectivity index (χ3v) is 5.32. The first-order valence-electron chi connectivity index (χ1n) is 9.53. The van der Waals surface area contributed by atoms with Crippen molar-refractivity contribution in [3.05, 3.63) is 48.3 Å². The number of rotatable bonds is 6. The van der Waals surface area contributed by atoms with E-state index in [2.05, 4.69) is 20.3 Å². The lowest BCUT2D eigenvalue weighted by molar-refractivity contribution is -0.132. The zero-order valence-corrected chi connectivity index (χ0v) is 17.5. The van der Waals surface area contributed by atoms with Crippen molar-refractivity contribution in [2.45, 2.75) is 43.9 Å². The van der Waals surface area contributed by atoms with E-state index < -0.39 is 23.0 Å². The Hall–Kier alpha value is -2.65. The molecular weight excluding hydrogens is 413 g/mol. The molecule has 0 radical (unpaired) electrons. The molecule has 1 fully saturated rings. The molecule has 2 aromatic rings. The van der Waals surface area contributed by atoms with Crippen molar-refractivity contribution >= 4 is 29.1 Å². The van der Waals surface area contributed by atoms with E-state index in [-0.39, 0.29) is 11.7 Å². The summed E-state index contributed by atoms with van der Waals surface area (Å²) < 4.78 is 19.4. The lowest BCUT2D eigenvalue weighted by atomic mass is 9.89. The summed E-state index contributed by atoms with van der Waals surface area (Å²) in [6.45, 7) is 4.33. The van der Waals surface area contributed by atoms with Crippen LogP contribution in [0.1, 0.15) is 31.0 Å². The highest BCUT2D eigenvalue weighted by Gasteiger charge is 2.47. The van der Waals surface area contributed by atoms with Gasteiger partial charge in [-0.15, -0.1) is 0 Å². The van der Waals surface area contributed by atoms with Gasteiger partial charge in [0.2, 0.25) is 0 Å². The van der Waals surface area contributed by atoms with E-state index in [9.17, 15) is 14.0 Å². The number of ether oxygens (including phenoxy) is 1. The normalized spacial score (nSPS) is 17.6. The maximum atomic E-state index is 14.1. The number of nitrogens with one attached hydrogen (secondary N) is 1. The van der Waals surface area contributed by atoms with Gasteiger partial charge in [-0.05, 0) is 38.8 Å². The number of halogens is 2. The summed E-state index contributed by atoms with van der Waals surface area (Å²) >= 11 is 5.54. The van der Waals surface area contributed by atoms with Crippen LogP contribution in [0.2, 0.25) is 0 Å². The zero-order valence-electron chi connectivity index (χ0n) is 16.7. The summed E-state index contributed by atoms with van der Waals surface area (Å²) in [5.41, 5.74) is -2.80. The average molecular weight is 436 g/mol. The summed E-state index contributed by atoms with van der Waals surface area (Å²) in [7, 11) is 0. The average Bonchev–Trinajstić information content (AvgIpc) is 2.76. The minimum absolute atomic E-state index is 0.138. The molecule has 2 amide bonds. The second-order valence-electron chi connectivity index (χ2n) is 7.19. The van der Waals surface area contributed by atoms with Crippen LogP contribution in [0.5, 0.6) is 0 Å². The highest BCUT2D eigenvalue weighted by atomic mass is 35.5. The Kier molecular flexibility index (Phi) is 6.94. The van der Waals surface area contributed by atoms with E-state index in [4.69, 9.17) is 16.3 Å². The van der Waals surface area contributed by atoms with Gasteiger partial charge < -0.3 is 10.1 Å². The molecule has 0 aromatic carbocycles. The van der Waals surface area contributed by atoms with Crippen molar-refractivity contribution < 1.29 is 18.7 Å². The minimum atomic E-state index is -2.36. The fraction of sp³-hybridized carbons (Fsp3) is 0.450. The second kappa shape index (κ2) is 9.44. The SMILES string of the molecule is Cc1ccc(N(C(=O)[C@H](F)Cl)[C@@](C)(C(=O)NC2CCOCC2)c2cncnc2)cn1. The first-order chi connectivity index (χ1) is 14.3. The maximum Gasteiger partial charge on any atom is 0.278 e. The summed E-state index contributed by atoms with van der Waals surface area (Å²) in [6, 6.07) is 3.11. The van der Waals surface area contributed by atoms with Crippen LogP contribution in [0.4, 0.5) is 10.1 Å². The first kappa shape index (κ1) is 22.0. The molecule has 2 aromatic heterocycles. The van der Waals surface area contributed by atoms with Crippen LogP contribution in [0.3, 0.4) is 0 Å². The Morgan fingerprint density at radius 2 is 1.93 bits per heavy atom. The minimum Gasteiger partial charge on any atom is -0.381 e. The standard InChI is InChI=1S/C20H23ClFN5O3/c1-13-3-4-16(11-25-13)27(18(28)17(21)22)20(2,14-9-23-12-24-10-14)19(29)26-15-5-7-30-8-6-15/h3-4,9-12,15,17H,5-8H2,1-2H3,(H,26,29)/t17-,20+/m0/s1. The summed E-state index contributed by atoms with van der Waals surface area (Å²) in [6.07, 6.45) is 6.80. The topological polar surface area (TPSA) is 97.3 Å². The Labute approximate surface area is 178 Å². The molecule has 3 heterocycles. The highest BCUT2D eigenvalue weighted by molar-refractivity contribution is 6.32. The van der Waals surface area contributed by atoms with Crippen LogP contribution < -0.4 is 10.2 Å². The van der Waals surface area contributed by atoms with E-state index in [1.165, 1.54) is 31.8 Å². The molecule has 2 atom stereocenters. The van der Waals surface area contributed by atoms with Crippen molar-refractivity contribution in [3.8, 4) is 0 Å². The Bertz CT molecular complexity index is 878. The summed E-state index contributed by atoms with van der Waals surface area (Å²) in [4.78, 5) is 39.6. The number of hydrogen-bond acceptors (Lipinski definition) is 6. The van der Waals surface area contributed by atoms with Gasteiger partial charge in [0.25, 0.3) is 17.4 Å². The van der Waals surface area contributed by atoms with E-state index in [0.29, 0.717) is 37.3 Å². The van der Waals surface area contributed by atoms with Crippen molar-refractivity contribution in [2.24, 2.45) is 0 Å². The molecule has 30 heavy (non-hydrogen) atoms. The van der Waals surface area contributed by atoms with Crippen LogP contribution in [0.25, 0.3) is 0 Å². The number of aryl methyl sites for hydroxylation is 1. The fourth-order valence-corrected chi connectivity index (χ4v) is 3.47. The van der Waals surface area contributed by atoms with Gasteiger partial charge >= 0.3 is 0 Å². The zero-order chi connectivity index (χ0) is 21.7. The molecule has 8 nitrogen and oxygen atoms in total. The molecule has 3 rings (SSSR count). The molecule has 0 saturated carbocycles. The van der Waals surface area contributed by atoms with Crippen LogP contribution in [0.15, 0.2) is 37.1 Å². The van der Waals surface area contributed by atoms with Gasteiger partial charge in [0.1, 0.15) is 6.33 Å². The third kappa shape index (κ3) is 4.57. The number of hydrogen-bond donors (Lipinski definition) is 1. The Balaban J connectivity index is 2.10. The van der Waals surface area contributed by atoms with E-state index >= 15 is 0 Å². The number of anilines is 1. The predicted octanol–water partition coefficient (Wildman–Crippen LogP) is 2.26. The van der Waals surface area contributed by atoms with Gasteiger partial charge in [-0.2, -0.15) is 0 Å². The molecule has 1 aliphatic rings.